The predicted octanol–water partition coefficient (Wildman–Crippen LogP) is 3.21. The van der Waals surface area contributed by atoms with E-state index in [1.54, 1.807) is 25.1 Å². The Morgan fingerprint density at radius 3 is 2.46 bits per heavy atom. The molecule has 0 fully saturated rings. The van der Waals surface area contributed by atoms with Crippen LogP contribution in [-0.2, 0) is 19.6 Å². The molecular weight excluding hydrogens is 418 g/mol. The average Bonchev–Trinajstić information content (AvgIpc) is 3.21. The Bertz CT molecular complexity index is 1060. The molecule has 0 amide bonds. The number of benzene rings is 1. The molecule has 9 heteroatoms. The van der Waals surface area contributed by atoms with E-state index < -0.39 is 32.6 Å². The lowest BCUT2D eigenvalue weighted by atomic mass is 9.95. The maximum atomic E-state index is 13.0. The van der Waals surface area contributed by atoms with E-state index in [1.165, 1.54) is 30.4 Å². The fourth-order valence-electron chi connectivity index (χ4n) is 3.16. The van der Waals surface area contributed by atoms with E-state index >= 15 is 0 Å². The van der Waals surface area contributed by atoms with Crippen LogP contribution in [0.25, 0.3) is 4.91 Å². The molecule has 0 radical (unpaired) electrons. The molecule has 6 nitrogen and oxygen atoms in total. The van der Waals surface area contributed by atoms with Crippen LogP contribution in [-0.4, -0.2) is 36.1 Å². The molecule has 2 aromatic rings. The quantitative estimate of drug-likeness (QED) is 0.673. The Kier molecular flexibility index (Phi) is 5.55. The van der Waals surface area contributed by atoms with Crippen LogP contribution in [0.5, 0.6) is 0 Å². The second kappa shape index (κ2) is 7.47. The van der Waals surface area contributed by atoms with Gasteiger partial charge in [0.05, 0.1) is 10.9 Å². The third-order valence-corrected chi connectivity index (χ3v) is 8.78. The van der Waals surface area contributed by atoms with Crippen molar-refractivity contribution in [3.63, 3.8) is 0 Å². The summed E-state index contributed by atoms with van der Waals surface area (Å²) in [6.45, 7) is 4.70. The number of carboxylic acid groups (broad SMARTS) is 1. The van der Waals surface area contributed by atoms with Gasteiger partial charge in [-0.1, -0.05) is 35.5 Å². The van der Waals surface area contributed by atoms with E-state index in [4.69, 9.17) is 0 Å². The lowest BCUT2D eigenvalue weighted by Crippen LogP contribution is -2.56. The van der Waals surface area contributed by atoms with Gasteiger partial charge in [0, 0.05) is 9.78 Å². The van der Waals surface area contributed by atoms with Crippen molar-refractivity contribution in [2.24, 2.45) is 0 Å². The Morgan fingerprint density at radius 2 is 1.93 bits per heavy atom. The predicted molar refractivity (Wildman–Crippen MR) is 111 cm³/mol. The first kappa shape index (κ1) is 20.8. The number of Topliss-reactive ketones (excluding diaryl/α,β-unsaturated/α-hetero) is 1. The summed E-state index contributed by atoms with van der Waals surface area (Å²) >= 11 is 2.27. The van der Waals surface area contributed by atoms with Gasteiger partial charge in [0.2, 0.25) is 10.0 Å². The number of nitrogens with one attached hydrogen (secondary N) is 1. The molecule has 2 N–H and O–H groups in total. The molecular formula is C19H19NO5S3. The summed E-state index contributed by atoms with van der Waals surface area (Å²) in [6, 6.07) is 7.29. The van der Waals surface area contributed by atoms with Crippen molar-refractivity contribution in [2.75, 3.05) is 0 Å². The van der Waals surface area contributed by atoms with Crippen molar-refractivity contribution >= 4 is 49.8 Å². The van der Waals surface area contributed by atoms with Gasteiger partial charge in [-0.25, -0.2) is 13.1 Å². The van der Waals surface area contributed by atoms with E-state index in [0.717, 1.165) is 22.2 Å². The van der Waals surface area contributed by atoms with Crippen molar-refractivity contribution in [2.45, 2.75) is 36.5 Å². The van der Waals surface area contributed by atoms with Gasteiger partial charge >= 0.3 is 5.97 Å². The molecule has 0 bridgehead atoms. The molecule has 148 valence electrons. The zero-order valence-corrected chi connectivity index (χ0v) is 17.9. The Morgan fingerprint density at radius 1 is 1.21 bits per heavy atom. The molecule has 0 saturated heterocycles. The standard InChI is InChI=1S/C19H19NO5S3/c1-11-6-7-16(12(2)9-11)28(24,25)20-17-10-15(14-5-4-8-26-14)27-19(17,13(3)21)18(22)23/h4-10,17,20H,1-3H3,(H,22,23). The summed E-state index contributed by atoms with van der Waals surface area (Å²) in [7, 11) is -4.04. The van der Waals surface area contributed by atoms with Crippen LogP contribution in [0.3, 0.4) is 0 Å². The summed E-state index contributed by atoms with van der Waals surface area (Å²) in [5.41, 5.74) is 1.46. The van der Waals surface area contributed by atoms with Crippen LogP contribution in [0, 0.1) is 13.8 Å². The minimum atomic E-state index is -4.04. The highest BCUT2D eigenvalue weighted by atomic mass is 32.2. The monoisotopic (exact) mass is 437 g/mol. The number of carboxylic acids is 1. The van der Waals surface area contributed by atoms with Crippen LogP contribution in [0.1, 0.15) is 22.9 Å². The Balaban J connectivity index is 2.07. The van der Waals surface area contributed by atoms with E-state index in [1.807, 2.05) is 18.4 Å². The first-order valence-electron chi connectivity index (χ1n) is 8.36. The van der Waals surface area contributed by atoms with Crippen LogP contribution in [0.2, 0.25) is 0 Å². The van der Waals surface area contributed by atoms with Crippen LogP contribution in [0.15, 0.2) is 46.7 Å². The van der Waals surface area contributed by atoms with E-state index in [2.05, 4.69) is 4.72 Å². The van der Waals surface area contributed by atoms with E-state index in [9.17, 15) is 23.1 Å². The number of aryl methyl sites for hydroxylation is 2. The smallest absolute Gasteiger partial charge is 0.329 e. The highest BCUT2D eigenvalue weighted by Gasteiger charge is 2.56. The molecule has 0 saturated carbocycles. The number of thiophene rings is 1. The van der Waals surface area contributed by atoms with Gasteiger partial charge in [-0.3, -0.25) is 9.59 Å². The number of carbonyl (C=O) groups excluding carboxylic acids is 1. The highest BCUT2D eigenvalue weighted by Crippen LogP contribution is 2.49. The molecule has 1 aromatic carbocycles. The van der Waals surface area contributed by atoms with Crippen molar-refractivity contribution < 1.29 is 23.1 Å². The number of carbonyl (C=O) groups is 2. The largest absolute Gasteiger partial charge is 0.480 e. The van der Waals surface area contributed by atoms with Gasteiger partial charge in [0.1, 0.15) is 0 Å². The molecule has 3 rings (SSSR count). The van der Waals surface area contributed by atoms with Gasteiger partial charge in [-0.15, -0.1) is 11.3 Å². The Hall–Kier alpha value is -1.94. The number of sulfonamides is 1. The van der Waals surface area contributed by atoms with Crippen molar-refractivity contribution in [1.82, 2.24) is 4.72 Å². The van der Waals surface area contributed by atoms with Gasteiger partial charge in [-0.2, -0.15) is 0 Å². The van der Waals surface area contributed by atoms with Crippen LogP contribution >= 0.6 is 23.1 Å². The maximum Gasteiger partial charge on any atom is 0.329 e. The van der Waals surface area contributed by atoms with Crippen molar-refractivity contribution in [3.05, 3.63) is 57.8 Å². The maximum absolute atomic E-state index is 13.0. The SMILES string of the molecule is CC(=O)C1(C(=O)O)SC(c2cccs2)=CC1NS(=O)(=O)c1ccc(C)cc1C. The summed E-state index contributed by atoms with van der Waals surface area (Å²) in [4.78, 5) is 25.9. The number of hydrogen-bond acceptors (Lipinski definition) is 6. The molecule has 0 aliphatic carbocycles. The molecule has 2 unspecified atom stereocenters. The highest BCUT2D eigenvalue weighted by molar-refractivity contribution is 8.11. The second-order valence-electron chi connectivity index (χ2n) is 6.58. The fraction of sp³-hybridized carbons (Fsp3) is 0.263. The summed E-state index contributed by atoms with van der Waals surface area (Å²) in [6.07, 6.45) is 1.52. The van der Waals surface area contributed by atoms with Gasteiger partial charge in [0.25, 0.3) is 0 Å². The molecule has 2 heterocycles. The molecule has 0 spiro atoms. The normalized spacial score (nSPS) is 22.1. The zero-order valence-electron chi connectivity index (χ0n) is 15.4. The minimum absolute atomic E-state index is 0.0592. The van der Waals surface area contributed by atoms with E-state index in [0.29, 0.717) is 10.5 Å². The molecule has 2 atom stereocenters. The average molecular weight is 438 g/mol. The van der Waals surface area contributed by atoms with Crippen LogP contribution in [0.4, 0.5) is 0 Å². The summed E-state index contributed by atoms with van der Waals surface area (Å²) in [5.74, 6) is -2.00. The molecule has 1 aromatic heterocycles. The van der Waals surface area contributed by atoms with Crippen molar-refractivity contribution in [1.29, 1.82) is 0 Å². The molecule has 1 aliphatic rings. The van der Waals surface area contributed by atoms with Gasteiger partial charge in [0.15, 0.2) is 10.5 Å². The minimum Gasteiger partial charge on any atom is -0.480 e. The summed E-state index contributed by atoms with van der Waals surface area (Å²) < 4.78 is 26.5. The number of hydrogen-bond donors (Lipinski definition) is 2. The van der Waals surface area contributed by atoms with Gasteiger partial charge < -0.3 is 5.11 Å². The van der Waals surface area contributed by atoms with Crippen molar-refractivity contribution in [3.8, 4) is 0 Å². The molecule has 28 heavy (non-hydrogen) atoms. The van der Waals surface area contributed by atoms with E-state index in [-0.39, 0.29) is 4.90 Å². The second-order valence-corrected chi connectivity index (χ2v) is 10.5. The zero-order chi connectivity index (χ0) is 20.7. The lowest BCUT2D eigenvalue weighted by Gasteiger charge is -2.28. The fourth-order valence-corrected chi connectivity index (χ4v) is 6.79. The van der Waals surface area contributed by atoms with Gasteiger partial charge in [-0.05, 0) is 49.9 Å². The third-order valence-electron chi connectivity index (χ3n) is 4.53. The first-order valence-corrected chi connectivity index (χ1v) is 11.5. The number of aliphatic carboxylic acids is 1. The lowest BCUT2D eigenvalue weighted by molar-refractivity contribution is -0.143. The third kappa shape index (κ3) is 3.55. The number of ketones is 1. The first-order chi connectivity index (χ1) is 13.1. The topological polar surface area (TPSA) is 101 Å². The number of rotatable bonds is 6. The summed E-state index contributed by atoms with van der Waals surface area (Å²) in [5, 5.41) is 11.7. The Labute approximate surface area is 171 Å². The number of thioether (sulfide) groups is 1. The van der Waals surface area contributed by atoms with Crippen LogP contribution < -0.4 is 4.72 Å². The molecule has 1 aliphatic heterocycles.